The molecule has 0 unspecified atom stereocenters. The van der Waals surface area contributed by atoms with Crippen molar-refractivity contribution in [2.45, 2.75) is 19.8 Å². The lowest BCUT2D eigenvalue weighted by Gasteiger charge is -2.22. The fraction of sp³-hybridized carbons (Fsp3) is 0.357. The molecule has 1 amide bonds. The summed E-state index contributed by atoms with van der Waals surface area (Å²) in [5, 5.41) is 5.03. The van der Waals surface area contributed by atoms with Crippen LogP contribution in [0.25, 0.3) is 0 Å². The van der Waals surface area contributed by atoms with Crippen molar-refractivity contribution in [2.24, 2.45) is 5.10 Å². The molecule has 1 aliphatic heterocycles. The highest BCUT2D eigenvalue weighted by molar-refractivity contribution is 6.04. The second-order valence-electron chi connectivity index (χ2n) is 4.43. The Kier molecular flexibility index (Phi) is 4.62. The molecule has 7 heteroatoms. The maximum Gasteiger partial charge on any atom is 0.327 e. The maximum atomic E-state index is 13.2. The van der Waals surface area contributed by atoms with Gasteiger partial charge in [0.15, 0.2) is 11.6 Å². The quantitative estimate of drug-likeness (QED) is 0.797. The first kappa shape index (κ1) is 15.1. The number of halogens is 2. The van der Waals surface area contributed by atoms with Gasteiger partial charge in [0.1, 0.15) is 6.54 Å². The zero-order chi connectivity index (χ0) is 15.4. The monoisotopic (exact) mass is 296 g/mol. The van der Waals surface area contributed by atoms with Gasteiger partial charge in [0.2, 0.25) is 5.91 Å². The molecule has 1 aliphatic rings. The second-order valence-corrected chi connectivity index (χ2v) is 4.43. The summed E-state index contributed by atoms with van der Waals surface area (Å²) in [7, 11) is 0. The summed E-state index contributed by atoms with van der Waals surface area (Å²) in [6, 6.07) is 3.40. The van der Waals surface area contributed by atoms with Crippen molar-refractivity contribution in [1.82, 2.24) is 5.01 Å². The van der Waals surface area contributed by atoms with Crippen molar-refractivity contribution in [1.29, 1.82) is 0 Å². The van der Waals surface area contributed by atoms with Crippen molar-refractivity contribution < 1.29 is 23.1 Å². The van der Waals surface area contributed by atoms with Crippen LogP contribution in [0.2, 0.25) is 0 Å². The number of nitrogens with zero attached hydrogens (tertiary/aromatic N) is 2. The van der Waals surface area contributed by atoms with Crippen molar-refractivity contribution in [3.8, 4) is 0 Å². The Balaban J connectivity index is 2.21. The summed E-state index contributed by atoms with van der Waals surface area (Å²) >= 11 is 0. The molecule has 0 fully saturated rings. The minimum Gasteiger partial charge on any atom is -0.465 e. The third-order valence-electron chi connectivity index (χ3n) is 2.94. The van der Waals surface area contributed by atoms with Crippen molar-refractivity contribution in [3.63, 3.8) is 0 Å². The number of rotatable bonds is 4. The molecular formula is C14H14F2N2O3. The van der Waals surface area contributed by atoms with E-state index >= 15 is 0 Å². The van der Waals surface area contributed by atoms with E-state index in [-0.39, 0.29) is 25.5 Å². The predicted molar refractivity (Wildman–Crippen MR) is 70.5 cm³/mol. The van der Waals surface area contributed by atoms with Crippen LogP contribution in [0.5, 0.6) is 0 Å². The molecule has 0 aliphatic carbocycles. The molecule has 2 rings (SSSR count). The molecule has 0 spiro atoms. The van der Waals surface area contributed by atoms with Gasteiger partial charge in [-0.1, -0.05) is 0 Å². The Morgan fingerprint density at radius 1 is 1.33 bits per heavy atom. The first-order valence-corrected chi connectivity index (χ1v) is 6.50. The fourth-order valence-electron chi connectivity index (χ4n) is 1.94. The van der Waals surface area contributed by atoms with Crippen LogP contribution in [0.1, 0.15) is 25.3 Å². The molecule has 0 saturated heterocycles. The average Bonchev–Trinajstić information content (AvgIpc) is 2.44. The van der Waals surface area contributed by atoms with E-state index in [1.54, 1.807) is 6.92 Å². The molecule has 0 bridgehead atoms. The Morgan fingerprint density at radius 3 is 2.76 bits per heavy atom. The van der Waals surface area contributed by atoms with Gasteiger partial charge in [-0.05, 0) is 25.1 Å². The van der Waals surface area contributed by atoms with Gasteiger partial charge in [0.05, 0.1) is 12.3 Å². The number of ether oxygens (including phenoxy) is 1. The van der Waals surface area contributed by atoms with Gasteiger partial charge in [0, 0.05) is 18.4 Å². The Hall–Kier alpha value is -2.31. The largest absolute Gasteiger partial charge is 0.465 e. The number of hydrogen-bond donors (Lipinski definition) is 0. The lowest BCUT2D eigenvalue weighted by molar-refractivity contribution is -0.149. The summed E-state index contributed by atoms with van der Waals surface area (Å²) in [5.41, 5.74) is 0.813. The van der Waals surface area contributed by atoms with Gasteiger partial charge in [-0.2, -0.15) is 5.10 Å². The SMILES string of the molecule is CCOC(=O)CN1N=C(c2ccc(F)c(F)c2)CCC1=O. The van der Waals surface area contributed by atoms with Gasteiger partial charge in [-0.3, -0.25) is 9.59 Å². The van der Waals surface area contributed by atoms with Gasteiger partial charge in [-0.25, -0.2) is 13.8 Å². The summed E-state index contributed by atoms with van der Waals surface area (Å²) in [4.78, 5) is 23.1. The molecule has 0 saturated carbocycles. The van der Waals surface area contributed by atoms with E-state index in [2.05, 4.69) is 5.10 Å². The number of carbonyl (C=O) groups excluding carboxylic acids is 2. The number of carbonyl (C=O) groups is 2. The van der Waals surface area contributed by atoms with E-state index in [0.717, 1.165) is 17.1 Å². The molecule has 1 aromatic rings. The van der Waals surface area contributed by atoms with E-state index in [1.807, 2.05) is 0 Å². The molecule has 0 atom stereocenters. The Bertz CT molecular complexity index is 602. The third-order valence-corrected chi connectivity index (χ3v) is 2.94. The van der Waals surface area contributed by atoms with E-state index in [0.29, 0.717) is 17.7 Å². The summed E-state index contributed by atoms with van der Waals surface area (Å²) in [5.74, 6) is -2.81. The van der Waals surface area contributed by atoms with Crippen molar-refractivity contribution >= 4 is 17.6 Å². The lowest BCUT2D eigenvalue weighted by atomic mass is 10.0. The van der Waals surface area contributed by atoms with Crippen LogP contribution < -0.4 is 0 Å². The third kappa shape index (κ3) is 3.62. The molecule has 1 aromatic carbocycles. The predicted octanol–water partition coefficient (Wildman–Crippen LogP) is 1.85. The number of hydrogen-bond acceptors (Lipinski definition) is 4. The maximum absolute atomic E-state index is 13.2. The van der Waals surface area contributed by atoms with Crippen LogP contribution in [0.15, 0.2) is 23.3 Å². The summed E-state index contributed by atoms with van der Waals surface area (Å²) < 4.78 is 30.9. The Labute approximate surface area is 120 Å². The lowest BCUT2D eigenvalue weighted by Crippen LogP contribution is -2.36. The number of esters is 1. The van der Waals surface area contributed by atoms with E-state index < -0.39 is 17.6 Å². The highest BCUT2D eigenvalue weighted by Gasteiger charge is 2.24. The smallest absolute Gasteiger partial charge is 0.327 e. The number of hydrazone groups is 1. The van der Waals surface area contributed by atoms with Crippen LogP contribution in [-0.2, 0) is 14.3 Å². The van der Waals surface area contributed by atoms with Gasteiger partial charge in [-0.15, -0.1) is 0 Å². The first-order chi connectivity index (χ1) is 10.0. The summed E-state index contributed by atoms with van der Waals surface area (Å²) in [6.45, 7) is 1.58. The molecule has 0 aromatic heterocycles. The van der Waals surface area contributed by atoms with Crippen molar-refractivity contribution in [2.75, 3.05) is 13.2 Å². The minimum absolute atomic E-state index is 0.150. The van der Waals surface area contributed by atoms with Crippen LogP contribution in [0.4, 0.5) is 8.78 Å². The zero-order valence-corrected chi connectivity index (χ0v) is 11.4. The van der Waals surface area contributed by atoms with Crippen LogP contribution in [0.3, 0.4) is 0 Å². The topological polar surface area (TPSA) is 59.0 Å². The van der Waals surface area contributed by atoms with Crippen LogP contribution in [0, 0.1) is 11.6 Å². The van der Waals surface area contributed by atoms with Gasteiger partial charge in [0.25, 0.3) is 0 Å². The van der Waals surface area contributed by atoms with E-state index in [1.165, 1.54) is 6.07 Å². The number of amides is 1. The first-order valence-electron chi connectivity index (χ1n) is 6.50. The molecule has 0 N–H and O–H groups in total. The zero-order valence-electron chi connectivity index (χ0n) is 11.4. The molecule has 21 heavy (non-hydrogen) atoms. The standard InChI is InChI=1S/C14H14F2N2O3/c1-2-21-14(20)8-18-13(19)6-5-12(17-18)9-3-4-10(15)11(16)7-9/h3-4,7H,2,5-6,8H2,1H3. The summed E-state index contributed by atoms with van der Waals surface area (Å²) in [6.07, 6.45) is 0.459. The number of benzene rings is 1. The van der Waals surface area contributed by atoms with Crippen LogP contribution >= 0.6 is 0 Å². The van der Waals surface area contributed by atoms with Gasteiger partial charge < -0.3 is 4.74 Å². The highest BCUT2D eigenvalue weighted by Crippen LogP contribution is 2.17. The molecule has 1 heterocycles. The minimum atomic E-state index is -0.982. The average molecular weight is 296 g/mol. The van der Waals surface area contributed by atoms with E-state index in [9.17, 15) is 18.4 Å². The normalized spacial score (nSPS) is 14.9. The highest BCUT2D eigenvalue weighted by atomic mass is 19.2. The molecular weight excluding hydrogens is 282 g/mol. The Morgan fingerprint density at radius 2 is 2.10 bits per heavy atom. The molecule has 5 nitrogen and oxygen atoms in total. The molecule has 112 valence electrons. The van der Waals surface area contributed by atoms with E-state index in [4.69, 9.17) is 4.74 Å². The fourth-order valence-corrected chi connectivity index (χ4v) is 1.94. The second kappa shape index (κ2) is 6.43. The van der Waals surface area contributed by atoms with Crippen LogP contribution in [-0.4, -0.2) is 35.7 Å². The molecule has 0 radical (unpaired) electrons. The van der Waals surface area contributed by atoms with Gasteiger partial charge >= 0.3 is 5.97 Å². The van der Waals surface area contributed by atoms with Crippen molar-refractivity contribution in [3.05, 3.63) is 35.4 Å².